The zero-order valence-electron chi connectivity index (χ0n) is 11.4. The Labute approximate surface area is 117 Å². The molecule has 1 aromatic heterocycles. The van der Waals surface area contributed by atoms with Crippen molar-refractivity contribution in [2.75, 3.05) is 11.4 Å². The maximum atomic E-state index is 12.1. The highest BCUT2D eigenvalue weighted by atomic mass is 35.5. The zero-order valence-corrected chi connectivity index (χ0v) is 12.2. The van der Waals surface area contributed by atoms with Crippen molar-refractivity contribution < 1.29 is 14.6 Å². The van der Waals surface area contributed by atoms with Crippen LogP contribution in [0.2, 0.25) is 5.15 Å². The molecule has 106 valence electrons. The van der Waals surface area contributed by atoms with Crippen LogP contribution >= 0.6 is 11.6 Å². The van der Waals surface area contributed by atoms with E-state index in [1.54, 1.807) is 27.7 Å². The van der Waals surface area contributed by atoms with Gasteiger partial charge in [-0.1, -0.05) is 11.6 Å². The maximum Gasteiger partial charge on any atom is 0.416 e. The van der Waals surface area contributed by atoms with Crippen LogP contribution in [0, 0.1) is 0 Å². The average Bonchev–Trinajstić information content (AvgIpc) is 2.23. The van der Waals surface area contributed by atoms with E-state index in [-0.39, 0.29) is 17.5 Å². The van der Waals surface area contributed by atoms with Gasteiger partial charge in [0.05, 0.1) is 12.6 Å². The molecular weight excluding hydrogens is 270 g/mol. The Morgan fingerprint density at radius 3 is 2.63 bits per heavy atom. The molecule has 1 N–H and O–H groups in total. The summed E-state index contributed by atoms with van der Waals surface area (Å²) in [6, 6.07) is 1.44. The number of halogens is 1. The lowest BCUT2D eigenvalue weighted by molar-refractivity contribution is 0.0558. The van der Waals surface area contributed by atoms with Gasteiger partial charge in [0, 0.05) is 6.07 Å². The number of hydrogen-bond donors (Lipinski definition) is 1. The van der Waals surface area contributed by atoms with Crippen LogP contribution in [0.5, 0.6) is 0 Å². The van der Waals surface area contributed by atoms with E-state index in [0.29, 0.717) is 0 Å². The van der Waals surface area contributed by atoms with Crippen molar-refractivity contribution >= 4 is 23.5 Å². The van der Waals surface area contributed by atoms with E-state index in [2.05, 4.69) is 9.97 Å². The van der Waals surface area contributed by atoms with Crippen LogP contribution in [0.3, 0.4) is 0 Å². The van der Waals surface area contributed by atoms with E-state index in [0.717, 1.165) is 0 Å². The number of rotatable bonds is 3. The van der Waals surface area contributed by atoms with E-state index < -0.39 is 17.8 Å². The summed E-state index contributed by atoms with van der Waals surface area (Å²) < 4.78 is 5.27. The van der Waals surface area contributed by atoms with Crippen LogP contribution in [0.25, 0.3) is 0 Å². The standard InChI is InChI=1S/C12H18ClN3O3/c1-8(17)6-16(11(18)19-12(2,3)4)10-5-9(13)14-7-15-10/h5,7-8,17H,6H2,1-4H3. The van der Waals surface area contributed by atoms with E-state index in [1.165, 1.54) is 17.3 Å². The van der Waals surface area contributed by atoms with E-state index in [9.17, 15) is 9.90 Å². The molecule has 0 spiro atoms. The number of aliphatic hydroxyl groups is 1. The fraction of sp³-hybridized carbons (Fsp3) is 0.583. The largest absolute Gasteiger partial charge is 0.443 e. The minimum absolute atomic E-state index is 0.0578. The fourth-order valence-corrected chi connectivity index (χ4v) is 1.46. The van der Waals surface area contributed by atoms with Crippen LogP contribution in [-0.2, 0) is 4.74 Å². The van der Waals surface area contributed by atoms with Gasteiger partial charge < -0.3 is 9.84 Å². The molecule has 1 aromatic rings. The molecule has 6 nitrogen and oxygen atoms in total. The predicted octanol–water partition coefficient (Wildman–Crippen LogP) is 2.25. The second kappa shape index (κ2) is 6.16. The minimum Gasteiger partial charge on any atom is -0.443 e. The van der Waals surface area contributed by atoms with Crippen molar-refractivity contribution in [1.82, 2.24) is 9.97 Å². The number of aliphatic hydroxyl groups excluding tert-OH is 1. The lowest BCUT2D eigenvalue weighted by atomic mass is 10.2. The number of nitrogens with zero attached hydrogens (tertiary/aromatic N) is 3. The number of anilines is 1. The highest BCUT2D eigenvalue weighted by molar-refractivity contribution is 6.29. The van der Waals surface area contributed by atoms with Crippen LogP contribution in [0.15, 0.2) is 12.4 Å². The van der Waals surface area contributed by atoms with Gasteiger partial charge in [-0.3, -0.25) is 4.90 Å². The number of carbonyl (C=O) groups excluding carboxylic acids is 1. The third kappa shape index (κ3) is 5.40. The molecule has 0 saturated carbocycles. The summed E-state index contributed by atoms with van der Waals surface area (Å²) in [7, 11) is 0. The molecular formula is C12H18ClN3O3. The van der Waals surface area contributed by atoms with Crippen molar-refractivity contribution in [3.8, 4) is 0 Å². The molecule has 0 aliphatic rings. The Morgan fingerprint density at radius 1 is 1.53 bits per heavy atom. The molecule has 1 atom stereocenters. The summed E-state index contributed by atoms with van der Waals surface area (Å²) in [5, 5.41) is 9.69. The van der Waals surface area contributed by atoms with Gasteiger partial charge in [0.2, 0.25) is 0 Å². The van der Waals surface area contributed by atoms with Gasteiger partial charge in [-0.25, -0.2) is 14.8 Å². The van der Waals surface area contributed by atoms with E-state index in [1.807, 2.05) is 0 Å². The first-order chi connectivity index (χ1) is 8.69. The third-order valence-corrected chi connectivity index (χ3v) is 2.16. The molecule has 1 rings (SSSR count). The first kappa shape index (κ1) is 15.7. The van der Waals surface area contributed by atoms with E-state index >= 15 is 0 Å². The van der Waals surface area contributed by atoms with Gasteiger partial charge in [-0.15, -0.1) is 0 Å². The number of hydrogen-bond acceptors (Lipinski definition) is 5. The lowest BCUT2D eigenvalue weighted by Crippen LogP contribution is -2.41. The Morgan fingerprint density at radius 2 is 2.16 bits per heavy atom. The number of amides is 1. The molecule has 1 amide bonds. The predicted molar refractivity (Wildman–Crippen MR) is 72.3 cm³/mol. The van der Waals surface area contributed by atoms with Gasteiger partial charge in [-0.05, 0) is 27.7 Å². The second-order valence-electron chi connectivity index (χ2n) is 5.14. The lowest BCUT2D eigenvalue weighted by Gasteiger charge is -2.27. The van der Waals surface area contributed by atoms with Gasteiger partial charge in [0.15, 0.2) is 0 Å². The Kier molecular flexibility index (Phi) is 5.08. The number of aromatic nitrogens is 2. The van der Waals surface area contributed by atoms with Crippen molar-refractivity contribution in [2.24, 2.45) is 0 Å². The monoisotopic (exact) mass is 287 g/mol. The third-order valence-electron chi connectivity index (χ3n) is 1.96. The van der Waals surface area contributed by atoms with Crippen LogP contribution < -0.4 is 4.90 Å². The maximum absolute atomic E-state index is 12.1. The SMILES string of the molecule is CC(O)CN(C(=O)OC(C)(C)C)c1cc(Cl)ncn1. The summed E-state index contributed by atoms with van der Waals surface area (Å²) >= 11 is 5.77. The molecule has 0 bridgehead atoms. The molecule has 7 heteroatoms. The Balaban J connectivity index is 2.98. The molecule has 19 heavy (non-hydrogen) atoms. The number of carbonyl (C=O) groups is 1. The van der Waals surface area contributed by atoms with Crippen LogP contribution in [0.1, 0.15) is 27.7 Å². The van der Waals surface area contributed by atoms with Crippen molar-refractivity contribution in [1.29, 1.82) is 0 Å². The summed E-state index contributed by atoms with van der Waals surface area (Å²) in [5.74, 6) is 0.287. The highest BCUT2D eigenvalue weighted by Gasteiger charge is 2.25. The quantitative estimate of drug-likeness (QED) is 0.863. The van der Waals surface area contributed by atoms with E-state index in [4.69, 9.17) is 16.3 Å². The van der Waals surface area contributed by atoms with Gasteiger partial charge >= 0.3 is 6.09 Å². The first-order valence-electron chi connectivity index (χ1n) is 5.85. The Hall–Kier alpha value is -1.40. The minimum atomic E-state index is -0.721. The molecule has 0 saturated heterocycles. The van der Waals surface area contributed by atoms with Gasteiger partial charge in [0.25, 0.3) is 0 Å². The fourth-order valence-electron chi connectivity index (χ4n) is 1.31. The molecule has 0 aliphatic heterocycles. The van der Waals surface area contributed by atoms with Crippen molar-refractivity contribution in [3.05, 3.63) is 17.5 Å². The normalized spacial score (nSPS) is 12.9. The van der Waals surface area contributed by atoms with Gasteiger partial charge in [-0.2, -0.15) is 0 Å². The van der Waals surface area contributed by atoms with Crippen molar-refractivity contribution in [3.63, 3.8) is 0 Å². The average molecular weight is 288 g/mol. The molecule has 0 radical (unpaired) electrons. The van der Waals surface area contributed by atoms with Crippen LogP contribution in [-0.4, -0.2) is 39.4 Å². The zero-order chi connectivity index (χ0) is 14.6. The Bertz CT molecular complexity index is 446. The summed E-state index contributed by atoms with van der Waals surface area (Å²) in [6.45, 7) is 6.91. The van der Waals surface area contributed by atoms with Crippen molar-refractivity contribution in [2.45, 2.75) is 39.4 Å². The number of ether oxygens (including phenoxy) is 1. The molecule has 0 aromatic carbocycles. The highest BCUT2D eigenvalue weighted by Crippen LogP contribution is 2.18. The molecule has 0 fully saturated rings. The summed E-state index contributed by atoms with van der Waals surface area (Å²) in [4.78, 5) is 21.0. The summed E-state index contributed by atoms with van der Waals surface area (Å²) in [6.07, 6.45) is -0.0682. The second-order valence-corrected chi connectivity index (χ2v) is 5.53. The topological polar surface area (TPSA) is 75.5 Å². The smallest absolute Gasteiger partial charge is 0.416 e. The molecule has 1 unspecified atom stereocenters. The molecule has 0 aliphatic carbocycles. The van der Waals surface area contributed by atoms with Gasteiger partial charge in [0.1, 0.15) is 22.9 Å². The summed E-state index contributed by atoms with van der Waals surface area (Å²) in [5.41, 5.74) is -0.634. The first-order valence-corrected chi connectivity index (χ1v) is 6.23. The molecule has 1 heterocycles. The van der Waals surface area contributed by atoms with Crippen LogP contribution in [0.4, 0.5) is 10.6 Å².